The van der Waals surface area contributed by atoms with Gasteiger partial charge in [-0.25, -0.2) is 4.39 Å². The monoisotopic (exact) mass is 282 g/mol. The summed E-state index contributed by atoms with van der Waals surface area (Å²) in [6, 6.07) is 4.15. The van der Waals surface area contributed by atoms with Crippen molar-refractivity contribution in [1.29, 1.82) is 0 Å². The van der Waals surface area contributed by atoms with Crippen LogP contribution in [0.25, 0.3) is 0 Å². The highest BCUT2D eigenvalue weighted by molar-refractivity contribution is 6.74. The van der Waals surface area contributed by atoms with Crippen LogP contribution in [-0.2, 0) is 0 Å². The van der Waals surface area contributed by atoms with E-state index in [-0.39, 0.29) is 16.6 Å². The molecule has 0 amide bonds. The average molecular weight is 282 g/mol. The molecule has 0 radical (unpaired) electrons. The van der Waals surface area contributed by atoms with Crippen molar-refractivity contribution in [2.45, 2.75) is 52.2 Å². The Hall–Kier alpha value is -1.16. The number of benzene rings is 1. The molecule has 1 aromatic rings. The minimum absolute atomic E-state index is 0.00580. The number of Topliss-reactive ketones (excluding diaryl/α,β-unsaturated/α-hetero) is 1. The average Bonchev–Trinajstić information content (AvgIpc) is 2.26. The molecular formula is C15H23FO2Si. The van der Waals surface area contributed by atoms with Crippen molar-refractivity contribution < 1.29 is 13.6 Å². The van der Waals surface area contributed by atoms with Gasteiger partial charge in [-0.15, -0.1) is 0 Å². The first kappa shape index (κ1) is 15.9. The number of hydrogen-bond acceptors (Lipinski definition) is 2. The standard InChI is InChI=1S/C15H23FO2Si/c1-7-13(17)12-9-8-11(16)10-14(12)18-19(5,6)15(2,3)4/h8-10H,7H2,1-6H3. The highest BCUT2D eigenvalue weighted by Gasteiger charge is 2.39. The summed E-state index contributed by atoms with van der Waals surface area (Å²) in [6.45, 7) is 12.3. The molecule has 0 bridgehead atoms. The van der Waals surface area contributed by atoms with Crippen LogP contribution in [0.2, 0.25) is 18.1 Å². The van der Waals surface area contributed by atoms with Crippen LogP contribution in [0, 0.1) is 5.82 Å². The van der Waals surface area contributed by atoms with Crippen LogP contribution in [0.3, 0.4) is 0 Å². The van der Waals surface area contributed by atoms with Crippen molar-refractivity contribution in [2.24, 2.45) is 0 Å². The van der Waals surface area contributed by atoms with E-state index >= 15 is 0 Å². The molecule has 0 N–H and O–H groups in total. The van der Waals surface area contributed by atoms with Crippen LogP contribution in [0.1, 0.15) is 44.5 Å². The Morgan fingerprint density at radius 3 is 2.37 bits per heavy atom. The summed E-state index contributed by atoms with van der Waals surface area (Å²) >= 11 is 0. The van der Waals surface area contributed by atoms with Crippen LogP contribution in [0.4, 0.5) is 4.39 Å². The highest BCUT2D eigenvalue weighted by atomic mass is 28.4. The molecule has 0 aliphatic carbocycles. The quantitative estimate of drug-likeness (QED) is 0.585. The van der Waals surface area contributed by atoms with Gasteiger partial charge in [-0.3, -0.25) is 4.79 Å². The lowest BCUT2D eigenvalue weighted by atomic mass is 10.1. The zero-order valence-corrected chi connectivity index (χ0v) is 13.6. The Bertz CT molecular complexity index is 476. The molecule has 1 rings (SSSR count). The van der Waals surface area contributed by atoms with Crippen LogP contribution < -0.4 is 4.43 Å². The SMILES string of the molecule is CCC(=O)c1ccc(F)cc1O[Si](C)(C)C(C)(C)C. The van der Waals surface area contributed by atoms with Crippen LogP contribution >= 0.6 is 0 Å². The lowest BCUT2D eigenvalue weighted by Gasteiger charge is -2.36. The maximum absolute atomic E-state index is 13.4. The van der Waals surface area contributed by atoms with E-state index in [1.165, 1.54) is 18.2 Å². The number of hydrogen-bond donors (Lipinski definition) is 0. The smallest absolute Gasteiger partial charge is 0.250 e. The maximum Gasteiger partial charge on any atom is 0.250 e. The van der Waals surface area contributed by atoms with Gasteiger partial charge in [0, 0.05) is 12.5 Å². The Morgan fingerprint density at radius 1 is 1.32 bits per heavy atom. The minimum atomic E-state index is -2.08. The third-order valence-corrected chi connectivity index (χ3v) is 8.08. The second-order valence-corrected chi connectivity index (χ2v) is 11.0. The fourth-order valence-corrected chi connectivity index (χ4v) is 2.45. The van der Waals surface area contributed by atoms with Gasteiger partial charge >= 0.3 is 0 Å². The molecule has 0 aliphatic rings. The van der Waals surface area contributed by atoms with Gasteiger partial charge in [0.2, 0.25) is 0 Å². The zero-order valence-electron chi connectivity index (χ0n) is 12.6. The van der Waals surface area contributed by atoms with E-state index < -0.39 is 8.32 Å². The number of carbonyl (C=O) groups excluding carboxylic acids is 1. The van der Waals surface area contributed by atoms with E-state index in [9.17, 15) is 9.18 Å². The summed E-state index contributed by atoms with van der Waals surface area (Å²) in [5, 5.41) is 0.00580. The van der Waals surface area contributed by atoms with Gasteiger partial charge < -0.3 is 4.43 Å². The van der Waals surface area contributed by atoms with Gasteiger partial charge in [0.15, 0.2) is 5.78 Å². The molecule has 4 heteroatoms. The predicted molar refractivity (Wildman–Crippen MR) is 78.8 cm³/mol. The van der Waals surface area contributed by atoms with Gasteiger partial charge in [-0.1, -0.05) is 27.7 Å². The van der Waals surface area contributed by atoms with Crippen molar-refractivity contribution in [3.63, 3.8) is 0 Å². The molecular weight excluding hydrogens is 259 g/mol. The molecule has 0 aromatic heterocycles. The fourth-order valence-electron chi connectivity index (χ4n) is 1.43. The van der Waals surface area contributed by atoms with Crippen molar-refractivity contribution in [2.75, 3.05) is 0 Å². The van der Waals surface area contributed by atoms with Crippen molar-refractivity contribution >= 4 is 14.1 Å². The Morgan fingerprint density at radius 2 is 1.89 bits per heavy atom. The van der Waals surface area contributed by atoms with Crippen molar-refractivity contribution in [3.05, 3.63) is 29.6 Å². The van der Waals surface area contributed by atoms with E-state index in [1.807, 2.05) is 0 Å². The number of ketones is 1. The third-order valence-electron chi connectivity index (χ3n) is 3.74. The van der Waals surface area contributed by atoms with Gasteiger partial charge in [-0.2, -0.15) is 0 Å². The molecule has 106 valence electrons. The van der Waals surface area contributed by atoms with E-state index in [4.69, 9.17) is 4.43 Å². The maximum atomic E-state index is 13.4. The minimum Gasteiger partial charge on any atom is -0.543 e. The van der Waals surface area contributed by atoms with Gasteiger partial charge in [0.1, 0.15) is 11.6 Å². The first-order chi connectivity index (χ1) is 8.58. The molecule has 0 heterocycles. The number of rotatable bonds is 4. The van der Waals surface area contributed by atoms with Crippen molar-refractivity contribution in [1.82, 2.24) is 0 Å². The van der Waals surface area contributed by atoms with E-state index in [0.29, 0.717) is 17.7 Å². The van der Waals surface area contributed by atoms with E-state index in [2.05, 4.69) is 33.9 Å². The van der Waals surface area contributed by atoms with E-state index in [0.717, 1.165) is 0 Å². The molecule has 0 spiro atoms. The Labute approximate surface area is 116 Å². The van der Waals surface area contributed by atoms with Crippen LogP contribution in [0.5, 0.6) is 5.75 Å². The first-order valence-electron chi connectivity index (χ1n) is 6.60. The summed E-state index contributed by atoms with van der Waals surface area (Å²) in [7, 11) is -2.08. The van der Waals surface area contributed by atoms with Crippen molar-refractivity contribution in [3.8, 4) is 5.75 Å². The lowest BCUT2D eigenvalue weighted by molar-refractivity contribution is 0.0986. The predicted octanol–water partition coefficient (Wildman–Crippen LogP) is 4.80. The third kappa shape index (κ3) is 3.66. The molecule has 0 atom stereocenters. The number of halogens is 1. The second-order valence-electron chi connectivity index (χ2n) is 6.28. The molecule has 0 unspecified atom stereocenters. The molecule has 1 aromatic carbocycles. The summed E-state index contributed by atoms with van der Waals surface area (Å²) < 4.78 is 19.5. The van der Waals surface area contributed by atoms with Crippen LogP contribution in [-0.4, -0.2) is 14.1 Å². The summed E-state index contributed by atoms with van der Waals surface area (Å²) in [4.78, 5) is 11.9. The van der Waals surface area contributed by atoms with Gasteiger partial charge in [0.25, 0.3) is 8.32 Å². The first-order valence-corrected chi connectivity index (χ1v) is 9.51. The highest BCUT2D eigenvalue weighted by Crippen LogP contribution is 2.38. The second kappa shape index (κ2) is 5.45. The molecule has 19 heavy (non-hydrogen) atoms. The molecule has 0 fully saturated rings. The topological polar surface area (TPSA) is 26.3 Å². The summed E-state index contributed by atoms with van der Waals surface area (Å²) in [5.41, 5.74) is 0.480. The largest absolute Gasteiger partial charge is 0.543 e. The summed E-state index contributed by atoms with van der Waals surface area (Å²) in [5.74, 6) is -0.00601. The molecule has 0 aliphatic heterocycles. The lowest BCUT2D eigenvalue weighted by Crippen LogP contribution is -2.44. The van der Waals surface area contributed by atoms with Gasteiger partial charge in [-0.05, 0) is 30.3 Å². The molecule has 0 saturated carbocycles. The van der Waals surface area contributed by atoms with Crippen LogP contribution in [0.15, 0.2) is 18.2 Å². The summed E-state index contributed by atoms with van der Waals surface area (Å²) in [6.07, 6.45) is 0.388. The fraction of sp³-hybridized carbons (Fsp3) is 0.533. The Balaban J connectivity index is 3.20. The zero-order chi connectivity index (χ0) is 14.8. The van der Waals surface area contributed by atoms with E-state index in [1.54, 1.807) is 6.92 Å². The van der Waals surface area contributed by atoms with Gasteiger partial charge in [0.05, 0.1) is 5.56 Å². The normalized spacial score (nSPS) is 12.4. The number of carbonyl (C=O) groups is 1. The Kier molecular flexibility index (Phi) is 4.56. The molecule has 0 saturated heterocycles. The molecule has 2 nitrogen and oxygen atoms in total.